The minimum Gasteiger partial charge on any atom is -0.288 e. The number of rotatable bonds is 1. The van der Waals surface area contributed by atoms with Crippen LogP contribution in [0.1, 0.15) is 22.4 Å². The molecule has 2 heterocycles. The first-order valence-corrected chi connectivity index (χ1v) is 6.13. The average Bonchev–Trinajstić information content (AvgIpc) is 2.85. The van der Waals surface area contributed by atoms with E-state index in [2.05, 4.69) is 9.98 Å². The highest BCUT2D eigenvalue weighted by atomic mass is 19.4. The van der Waals surface area contributed by atoms with Gasteiger partial charge in [0, 0.05) is 29.2 Å². The van der Waals surface area contributed by atoms with Crippen LogP contribution in [0.4, 0.5) is 13.2 Å². The maximum Gasteiger partial charge on any atom is 0.416 e. The molecule has 2 aromatic rings. The largest absolute Gasteiger partial charge is 0.416 e. The van der Waals surface area contributed by atoms with E-state index in [1.165, 1.54) is 12.1 Å². The number of fused-ring (bicyclic) bond motifs is 1. The summed E-state index contributed by atoms with van der Waals surface area (Å²) in [7, 11) is 0. The van der Waals surface area contributed by atoms with Crippen molar-refractivity contribution in [3.63, 3.8) is 0 Å². The molecule has 0 bridgehead atoms. The maximum absolute atomic E-state index is 13.0. The van der Waals surface area contributed by atoms with Crippen LogP contribution in [0.3, 0.4) is 0 Å². The Labute approximate surface area is 114 Å². The van der Waals surface area contributed by atoms with Gasteiger partial charge in [-0.15, -0.1) is 0 Å². The van der Waals surface area contributed by atoms with E-state index in [-0.39, 0.29) is 0 Å². The topological polar surface area (TPSA) is 25.2 Å². The van der Waals surface area contributed by atoms with Crippen molar-refractivity contribution in [2.24, 2.45) is 4.99 Å². The molecule has 0 N–H and O–H groups in total. The van der Waals surface area contributed by atoms with Crippen LogP contribution >= 0.6 is 0 Å². The van der Waals surface area contributed by atoms with E-state index in [0.717, 1.165) is 5.56 Å². The lowest BCUT2D eigenvalue weighted by Gasteiger charge is -2.14. The molecule has 1 aromatic carbocycles. The van der Waals surface area contributed by atoms with Crippen LogP contribution in [-0.4, -0.2) is 11.2 Å². The Balaban J connectivity index is 2.27. The van der Waals surface area contributed by atoms with Gasteiger partial charge in [-0.25, -0.2) is 0 Å². The normalized spacial score (nSPS) is 13.6. The fraction of sp³-hybridized carbons (Fsp3) is 0.200. The molecule has 0 fully saturated rings. The summed E-state index contributed by atoms with van der Waals surface area (Å²) in [6, 6.07) is 5.86. The summed E-state index contributed by atoms with van der Waals surface area (Å²) < 4.78 is 39.0. The molecule has 1 aliphatic rings. The van der Waals surface area contributed by atoms with Gasteiger partial charge in [-0.2, -0.15) is 13.2 Å². The number of pyridine rings is 1. The Morgan fingerprint density at radius 2 is 1.95 bits per heavy atom. The Bertz CT molecular complexity index is 703. The number of benzene rings is 1. The van der Waals surface area contributed by atoms with Gasteiger partial charge in [-0.3, -0.25) is 9.98 Å². The molecule has 1 aliphatic heterocycles. The first-order chi connectivity index (χ1) is 9.47. The molecule has 0 amide bonds. The molecule has 20 heavy (non-hydrogen) atoms. The fourth-order valence-corrected chi connectivity index (χ4v) is 2.39. The Morgan fingerprint density at radius 1 is 1.15 bits per heavy atom. The first kappa shape index (κ1) is 12.8. The smallest absolute Gasteiger partial charge is 0.288 e. The summed E-state index contributed by atoms with van der Waals surface area (Å²) in [5.74, 6) is 0. The molecular formula is C15H11F3N2. The summed E-state index contributed by atoms with van der Waals surface area (Å²) in [6.45, 7) is 2.08. The Hall–Kier alpha value is -2.17. The van der Waals surface area contributed by atoms with Gasteiger partial charge < -0.3 is 0 Å². The molecule has 1 aromatic heterocycles. The van der Waals surface area contributed by atoms with Crippen molar-refractivity contribution in [2.45, 2.75) is 19.6 Å². The van der Waals surface area contributed by atoms with E-state index in [4.69, 9.17) is 0 Å². The average molecular weight is 276 g/mol. The number of alkyl halides is 3. The van der Waals surface area contributed by atoms with Crippen LogP contribution in [0.5, 0.6) is 0 Å². The van der Waals surface area contributed by atoms with Crippen molar-refractivity contribution in [1.82, 2.24) is 4.98 Å². The van der Waals surface area contributed by atoms with Crippen LogP contribution < -0.4 is 0 Å². The lowest BCUT2D eigenvalue weighted by atomic mass is 9.93. The van der Waals surface area contributed by atoms with Gasteiger partial charge in [-0.1, -0.05) is 6.07 Å². The number of aryl methyl sites for hydroxylation is 1. The Morgan fingerprint density at radius 3 is 2.65 bits per heavy atom. The van der Waals surface area contributed by atoms with Gasteiger partial charge in [0.15, 0.2) is 0 Å². The van der Waals surface area contributed by atoms with Gasteiger partial charge in [-0.05, 0) is 36.2 Å². The molecular weight excluding hydrogens is 265 g/mol. The highest BCUT2D eigenvalue weighted by molar-refractivity contribution is 5.94. The van der Waals surface area contributed by atoms with E-state index in [1.807, 2.05) is 0 Å². The Kier molecular flexibility index (Phi) is 2.85. The zero-order valence-corrected chi connectivity index (χ0v) is 10.7. The molecule has 0 saturated carbocycles. The number of nitrogens with zero attached hydrogens (tertiary/aromatic N) is 2. The lowest BCUT2D eigenvalue weighted by molar-refractivity contribution is -0.137. The van der Waals surface area contributed by atoms with Gasteiger partial charge in [0.1, 0.15) is 0 Å². The first-order valence-electron chi connectivity index (χ1n) is 6.13. The van der Waals surface area contributed by atoms with E-state index in [1.54, 1.807) is 31.5 Å². The van der Waals surface area contributed by atoms with Gasteiger partial charge >= 0.3 is 6.18 Å². The number of aliphatic imine (C=N–C) groups is 1. The van der Waals surface area contributed by atoms with Crippen molar-refractivity contribution in [3.8, 4) is 11.1 Å². The third kappa shape index (κ3) is 2.09. The van der Waals surface area contributed by atoms with Crippen molar-refractivity contribution in [3.05, 3.63) is 52.8 Å². The molecule has 0 unspecified atom stereocenters. The van der Waals surface area contributed by atoms with Crippen LogP contribution in [0.25, 0.3) is 11.1 Å². The van der Waals surface area contributed by atoms with Crippen molar-refractivity contribution < 1.29 is 13.2 Å². The number of hydrogen-bond donors (Lipinski definition) is 0. The number of hydrogen-bond acceptors (Lipinski definition) is 2. The molecule has 2 nitrogen and oxygen atoms in total. The SMILES string of the molecule is Cc1ncccc1-c1cc(C(F)(F)F)cc2c1C=NC2. The fourth-order valence-electron chi connectivity index (χ4n) is 2.39. The van der Waals surface area contributed by atoms with Crippen molar-refractivity contribution >= 4 is 6.21 Å². The second kappa shape index (κ2) is 4.44. The van der Waals surface area contributed by atoms with Crippen LogP contribution in [0.2, 0.25) is 0 Å². The second-order valence-corrected chi connectivity index (χ2v) is 4.70. The molecule has 0 saturated heterocycles. The zero-order chi connectivity index (χ0) is 14.3. The van der Waals surface area contributed by atoms with E-state index >= 15 is 0 Å². The standard InChI is InChI=1S/C15H11F3N2/c1-9-12(3-2-4-20-9)13-6-11(15(16,17)18)5-10-7-19-8-14(10)13/h2-6,8H,7H2,1H3. The van der Waals surface area contributed by atoms with Crippen molar-refractivity contribution in [2.75, 3.05) is 0 Å². The van der Waals surface area contributed by atoms with Crippen LogP contribution in [0.15, 0.2) is 35.5 Å². The highest BCUT2D eigenvalue weighted by Crippen LogP contribution is 2.37. The minimum absolute atomic E-state index is 0.297. The van der Waals surface area contributed by atoms with Gasteiger partial charge in [0.25, 0.3) is 0 Å². The van der Waals surface area contributed by atoms with Crippen LogP contribution in [-0.2, 0) is 12.7 Å². The minimum atomic E-state index is -4.36. The van der Waals surface area contributed by atoms with E-state index in [0.29, 0.717) is 28.9 Å². The molecule has 5 heteroatoms. The number of aromatic nitrogens is 1. The maximum atomic E-state index is 13.0. The zero-order valence-electron chi connectivity index (χ0n) is 10.7. The summed E-state index contributed by atoms with van der Waals surface area (Å²) in [5, 5.41) is 0. The van der Waals surface area contributed by atoms with Crippen molar-refractivity contribution in [1.29, 1.82) is 0 Å². The number of halogens is 3. The molecule has 102 valence electrons. The molecule has 0 radical (unpaired) electrons. The predicted molar refractivity (Wildman–Crippen MR) is 70.7 cm³/mol. The van der Waals surface area contributed by atoms with E-state index in [9.17, 15) is 13.2 Å². The third-order valence-electron chi connectivity index (χ3n) is 3.37. The summed E-state index contributed by atoms with van der Waals surface area (Å²) >= 11 is 0. The molecule has 0 aliphatic carbocycles. The molecule has 3 rings (SSSR count). The molecule has 0 spiro atoms. The monoisotopic (exact) mass is 276 g/mol. The quantitative estimate of drug-likeness (QED) is 0.772. The van der Waals surface area contributed by atoms with Crippen LogP contribution in [0, 0.1) is 6.92 Å². The van der Waals surface area contributed by atoms with E-state index < -0.39 is 11.7 Å². The third-order valence-corrected chi connectivity index (χ3v) is 3.37. The van der Waals surface area contributed by atoms with Gasteiger partial charge in [0.05, 0.1) is 12.1 Å². The summed E-state index contributed by atoms with van der Waals surface area (Å²) in [6.07, 6.45) is -1.10. The lowest BCUT2D eigenvalue weighted by Crippen LogP contribution is -2.07. The molecule has 0 atom stereocenters. The predicted octanol–water partition coefficient (Wildman–Crippen LogP) is 4.01. The highest BCUT2D eigenvalue weighted by Gasteiger charge is 2.32. The van der Waals surface area contributed by atoms with Gasteiger partial charge in [0.2, 0.25) is 0 Å². The second-order valence-electron chi connectivity index (χ2n) is 4.70. The summed E-state index contributed by atoms with van der Waals surface area (Å²) in [5.41, 5.74) is 2.69. The summed E-state index contributed by atoms with van der Waals surface area (Å²) in [4.78, 5) is 8.22.